The quantitative estimate of drug-likeness (QED) is 0.926. The molecule has 1 heterocycles. The van der Waals surface area contributed by atoms with Gasteiger partial charge in [-0.15, -0.1) is 0 Å². The molecule has 1 aliphatic rings. The first-order valence-electron chi connectivity index (χ1n) is 7.41. The van der Waals surface area contributed by atoms with Crippen LogP contribution in [0.1, 0.15) is 30.6 Å². The number of carbonyl (C=O) groups excluding carboxylic acids is 1. The summed E-state index contributed by atoms with van der Waals surface area (Å²) >= 11 is 5.79. The average molecular weight is 313 g/mol. The van der Waals surface area contributed by atoms with Crippen LogP contribution in [0.3, 0.4) is 0 Å². The van der Waals surface area contributed by atoms with Crippen molar-refractivity contribution in [3.8, 4) is 0 Å². The maximum atomic E-state index is 13.6. The minimum absolute atomic E-state index is 0.00267. The number of benzene rings is 1. The lowest BCUT2D eigenvalue weighted by molar-refractivity contribution is 0.0932. The summed E-state index contributed by atoms with van der Waals surface area (Å²) in [6.45, 7) is 7.94. The molecule has 0 saturated carbocycles. The molecule has 1 saturated heterocycles. The van der Waals surface area contributed by atoms with Crippen molar-refractivity contribution < 1.29 is 9.18 Å². The van der Waals surface area contributed by atoms with Gasteiger partial charge in [0.25, 0.3) is 5.91 Å². The largest absolute Gasteiger partial charge is 0.351 e. The number of likely N-dealkylation sites (tertiary alicyclic amines) is 1. The summed E-state index contributed by atoms with van der Waals surface area (Å²) < 4.78 is 13.6. The first kappa shape index (κ1) is 16.2. The lowest BCUT2D eigenvalue weighted by Crippen LogP contribution is -2.42. The van der Waals surface area contributed by atoms with Gasteiger partial charge in [-0.1, -0.05) is 25.4 Å². The lowest BCUT2D eigenvalue weighted by atomic mass is 9.92. The fourth-order valence-electron chi connectivity index (χ4n) is 3.07. The zero-order valence-corrected chi connectivity index (χ0v) is 13.3. The SMILES string of the molecule is CC1CC(C)CN(CCNC(=O)c2cc(Cl)ccc2F)C1. The van der Waals surface area contributed by atoms with Crippen molar-refractivity contribution in [2.45, 2.75) is 20.3 Å². The van der Waals surface area contributed by atoms with Crippen molar-refractivity contribution in [1.82, 2.24) is 10.2 Å². The number of rotatable bonds is 4. The molecule has 1 aliphatic heterocycles. The minimum atomic E-state index is -0.544. The average Bonchev–Trinajstić information content (AvgIpc) is 2.40. The van der Waals surface area contributed by atoms with Crippen LogP contribution in [0.4, 0.5) is 4.39 Å². The van der Waals surface area contributed by atoms with E-state index in [4.69, 9.17) is 11.6 Å². The number of amides is 1. The van der Waals surface area contributed by atoms with E-state index in [0.717, 1.165) is 19.6 Å². The van der Waals surface area contributed by atoms with E-state index in [1.165, 1.54) is 24.6 Å². The maximum Gasteiger partial charge on any atom is 0.254 e. The number of hydrogen-bond acceptors (Lipinski definition) is 2. The van der Waals surface area contributed by atoms with Crippen molar-refractivity contribution in [3.63, 3.8) is 0 Å². The fraction of sp³-hybridized carbons (Fsp3) is 0.562. The highest BCUT2D eigenvalue weighted by Crippen LogP contribution is 2.20. The van der Waals surface area contributed by atoms with Crippen LogP contribution in [-0.4, -0.2) is 37.0 Å². The highest BCUT2D eigenvalue weighted by atomic mass is 35.5. The Labute approximate surface area is 130 Å². The molecule has 0 bridgehead atoms. The molecule has 0 aliphatic carbocycles. The van der Waals surface area contributed by atoms with Gasteiger partial charge < -0.3 is 10.2 Å². The number of hydrogen-bond donors (Lipinski definition) is 1. The van der Waals surface area contributed by atoms with Crippen LogP contribution >= 0.6 is 11.6 Å². The van der Waals surface area contributed by atoms with Gasteiger partial charge in [0, 0.05) is 31.2 Å². The van der Waals surface area contributed by atoms with E-state index in [1.807, 2.05) is 0 Å². The van der Waals surface area contributed by atoms with Gasteiger partial charge in [-0.2, -0.15) is 0 Å². The zero-order chi connectivity index (χ0) is 15.4. The summed E-state index contributed by atoms with van der Waals surface area (Å²) in [5.41, 5.74) is 0.00267. The Morgan fingerprint density at radius 3 is 2.71 bits per heavy atom. The molecule has 3 nitrogen and oxygen atoms in total. The monoisotopic (exact) mass is 312 g/mol. The Kier molecular flexibility index (Phi) is 5.59. The van der Waals surface area contributed by atoms with E-state index in [1.54, 1.807) is 0 Å². The van der Waals surface area contributed by atoms with E-state index in [-0.39, 0.29) is 5.56 Å². The Morgan fingerprint density at radius 1 is 1.38 bits per heavy atom. The molecular formula is C16H22ClFN2O. The van der Waals surface area contributed by atoms with Crippen molar-refractivity contribution in [2.75, 3.05) is 26.2 Å². The zero-order valence-electron chi connectivity index (χ0n) is 12.5. The Hall–Kier alpha value is -1.13. The predicted molar refractivity (Wildman–Crippen MR) is 83.1 cm³/mol. The topological polar surface area (TPSA) is 32.3 Å². The van der Waals surface area contributed by atoms with Crippen LogP contribution in [0.5, 0.6) is 0 Å². The van der Waals surface area contributed by atoms with Crippen molar-refractivity contribution in [3.05, 3.63) is 34.6 Å². The predicted octanol–water partition coefficient (Wildman–Crippen LogP) is 3.19. The molecule has 2 unspecified atom stereocenters. The third-order valence-corrected chi connectivity index (χ3v) is 4.07. The normalized spacial score (nSPS) is 23.0. The molecule has 0 radical (unpaired) electrons. The van der Waals surface area contributed by atoms with Crippen molar-refractivity contribution in [1.29, 1.82) is 0 Å². The first-order chi connectivity index (χ1) is 9.95. The van der Waals surface area contributed by atoms with Crippen molar-refractivity contribution in [2.24, 2.45) is 11.8 Å². The Bertz CT molecular complexity index is 499. The van der Waals surface area contributed by atoms with Gasteiger partial charge in [-0.3, -0.25) is 4.79 Å². The second-order valence-electron chi connectivity index (χ2n) is 6.09. The number of nitrogens with zero attached hydrogens (tertiary/aromatic N) is 1. The van der Waals surface area contributed by atoms with Gasteiger partial charge in [0.2, 0.25) is 0 Å². The van der Waals surface area contributed by atoms with Gasteiger partial charge in [-0.25, -0.2) is 4.39 Å². The number of carbonyl (C=O) groups is 1. The molecule has 21 heavy (non-hydrogen) atoms. The van der Waals surface area contributed by atoms with E-state index < -0.39 is 11.7 Å². The number of nitrogens with one attached hydrogen (secondary N) is 1. The van der Waals surface area contributed by atoms with Crippen LogP contribution in [0, 0.1) is 17.7 Å². The highest BCUT2D eigenvalue weighted by Gasteiger charge is 2.21. The van der Waals surface area contributed by atoms with Crippen LogP contribution in [0.15, 0.2) is 18.2 Å². The summed E-state index contributed by atoms with van der Waals surface area (Å²) in [6.07, 6.45) is 1.26. The molecule has 116 valence electrons. The molecule has 1 aromatic rings. The third-order valence-electron chi connectivity index (χ3n) is 3.83. The Balaban J connectivity index is 1.83. The Morgan fingerprint density at radius 2 is 2.05 bits per heavy atom. The first-order valence-corrected chi connectivity index (χ1v) is 7.79. The van der Waals surface area contributed by atoms with Gasteiger partial charge in [0.15, 0.2) is 0 Å². The molecule has 5 heteroatoms. The smallest absolute Gasteiger partial charge is 0.254 e. The van der Waals surface area contributed by atoms with Crippen LogP contribution in [0.25, 0.3) is 0 Å². The summed E-state index contributed by atoms with van der Waals surface area (Å²) in [7, 11) is 0. The summed E-state index contributed by atoms with van der Waals surface area (Å²) in [4.78, 5) is 14.3. The van der Waals surface area contributed by atoms with Gasteiger partial charge in [-0.05, 0) is 36.5 Å². The second-order valence-corrected chi connectivity index (χ2v) is 6.52. The summed E-state index contributed by atoms with van der Waals surface area (Å²) in [6, 6.07) is 4.01. The maximum absolute atomic E-state index is 13.6. The van der Waals surface area contributed by atoms with E-state index in [2.05, 4.69) is 24.1 Å². The molecule has 2 atom stereocenters. The highest BCUT2D eigenvalue weighted by molar-refractivity contribution is 6.30. The molecule has 1 aromatic carbocycles. The van der Waals surface area contributed by atoms with Crippen molar-refractivity contribution >= 4 is 17.5 Å². The van der Waals surface area contributed by atoms with Gasteiger partial charge >= 0.3 is 0 Å². The number of halogens is 2. The fourth-order valence-corrected chi connectivity index (χ4v) is 3.24. The van der Waals surface area contributed by atoms with E-state index in [0.29, 0.717) is 23.4 Å². The standard InChI is InChI=1S/C16H22ClFN2O/c1-11-7-12(2)10-20(9-11)6-5-19-16(21)14-8-13(17)3-4-15(14)18/h3-4,8,11-12H,5-7,9-10H2,1-2H3,(H,19,21). The van der Waals surface area contributed by atoms with Gasteiger partial charge in [0.05, 0.1) is 5.56 Å². The van der Waals surface area contributed by atoms with Crippen LogP contribution in [-0.2, 0) is 0 Å². The minimum Gasteiger partial charge on any atom is -0.351 e. The molecular weight excluding hydrogens is 291 g/mol. The molecule has 1 fully saturated rings. The van der Waals surface area contributed by atoms with E-state index in [9.17, 15) is 9.18 Å². The third kappa shape index (κ3) is 4.68. The van der Waals surface area contributed by atoms with Crippen LogP contribution in [0.2, 0.25) is 5.02 Å². The van der Waals surface area contributed by atoms with Gasteiger partial charge in [0.1, 0.15) is 5.82 Å². The molecule has 0 spiro atoms. The second kappa shape index (κ2) is 7.23. The molecule has 1 amide bonds. The lowest BCUT2D eigenvalue weighted by Gasteiger charge is -2.34. The summed E-state index contributed by atoms with van der Waals surface area (Å²) in [5, 5.41) is 3.13. The summed E-state index contributed by atoms with van der Waals surface area (Å²) in [5.74, 6) is 0.426. The molecule has 2 rings (SSSR count). The molecule has 0 aromatic heterocycles. The van der Waals surface area contributed by atoms with Crippen LogP contribution < -0.4 is 5.32 Å². The molecule has 1 N–H and O–H groups in total. The van der Waals surface area contributed by atoms with E-state index >= 15 is 0 Å². The number of piperidine rings is 1.